The summed E-state index contributed by atoms with van der Waals surface area (Å²) >= 11 is 2.92. The van der Waals surface area contributed by atoms with Gasteiger partial charge in [-0.05, 0) is 70.3 Å². The smallest absolute Gasteiger partial charge is 0.416 e. The van der Waals surface area contributed by atoms with E-state index >= 15 is 0 Å². The Hall–Kier alpha value is -5.53. The number of aromatic hydroxyl groups is 1. The molecule has 6 rings (SSSR count). The maximum atomic E-state index is 12.8. The molecule has 8 nitrogen and oxygen atoms in total. The second kappa shape index (κ2) is 17.6. The Labute approximate surface area is 305 Å². The standard InChI is InChI=1S/C26H20F3NO3S.C13H13NO3S/c27-26(28,29)21-8-4-18(5-9-21)20-3-1-2-17(14-20)16-33-22-10-6-19(7-11-22)23(15-24(31)32)25-30-12-13-34-25;1-17-12(16)8-11(13-14-6-7-18-13)9-2-4-10(15)5-3-9/h1-14,23H,15-16H2,(H,31,32);2-7,11,15H,8H2,1H3. The van der Waals surface area contributed by atoms with Crippen LogP contribution in [0.4, 0.5) is 13.2 Å². The number of alkyl halides is 3. The van der Waals surface area contributed by atoms with E-state index in [1.807, 2.05) is 47.2 Å². The number of aromatic nitrogens is 2. The van der Waals surface area contributed by atoms with E-state index in [4.69, 9.17) is 9.47 Å². The molecule has 52 heavy (non-hydrogen) atoms. The number of rotatable bonds is 12. The molecule has 0 spiro atoms. The van der Waals surface area contributed by atoms with Crippen molar-refractivity contribution in [2.45, 2.75) is 37.5 Å². The molecule has 2 heterocycles. The summed E-state index contributed by atoms with van der Waals surface area (Å²) in [6.45, 7) is 0.277. The van der Waals surface area contributed by atoms with E-state index < -0.39 is 17.7 Å². The molecule has 2 atom stereocenters. The summed E-state index contributed by atoms with van der Waals surface area (Å²) in [5, 5.41) is 23.9. The Bertz CT molecular complexity index is 2020. The van der Waals surface area contributed by atoms with Crippen LogP contribution in [0.1, 0.15) is 56.9 Å². The number of hydrogen-bond acceptors (Lipinski definition) is 9. The minimum atomic E-state index is -4.36. The van der Waals surface area contributed by atoms with Gasteiger partial charge in [-0.25, -0.2) is 9.97 Å². The monoisotopic (exact) mass is 746 g/mol. The molecular weight excluding hydrogens is 714 g/mol. The molecule has 4 aromatic carbocycles. The summed E-state index contributed by atoms with van der Waals surface area (Å²) in [5.74, 6) is -0.798. The number of phenolic OH excluding ortho intramolecular Hbond substituents is 1. The summed E-state index contributed by atoms with van der Waals surface area (Å²) < 4.78 is 49.0. The number of carbonyl (C=O) groups is 2. The molecule has 0 radical (unpaired) electrons. The van der Waals surface area contributed by atoms with Gasteiger partial charge in [0.25, 0.3) is 0 Å². The van der Waals surface area contributed by atoms with Crippen LogP contribution in [0.2, 0.25) is 0 Å². The van der Waals surface area contributed by atoms with Crippen molar-refractivity contribution in [3.05, 3.63) is 152 Å². The number of ether oxygens (including phenoxy) is 2. The van der Waals surface area contributed by atoms with Crippen LogP contribution in [0.5, 0.6) is 11.5 Å². The number of nitrogens with zero attached hydrogens (tertiary/aromatic N) is 2. The Morgan fingerprint density at radius 2 is 1.35 bits per heavy atom. The molecular formula is C39H33F3N2O6S2. The lowest BCUT2D eigenvalue weighted by Crippen LogP contribution is -2.09. The number of benzene rings is 4. The molecule has 0 amide bonds. The highest BCUT2D eigenvalue weighted by Gasteiger charge is 2.30. The second-order valence-electron chi connectivity index (χ2n) is 11.4. The van der Waals surface area contributed by atoms with E-state index in [0.29, 0.717) is 11.3 Å². The largest absolute Gasteiger partial charge is 0.508 e. The Kier molecular flexibility index (Phi) is 12.8. The zero-order chi connectivity index (χ0) is 37.1. The third kappa shape index (κ3) is 10.5. The molecule has 0 fully saturated rings. The van der Waals surface area contributed by atoms with Crippen LogP contribution >= 0.6 is 22.7 Å². The van der Waals surface area contributed by atoms with E-state index in [0.717, 1.165) is 44.4 Å². The molecule has 2 aromatic heterocycles. The third-order valence-corrected chi connectivity index (χ3v) is 9.71. The highest BCUT2D eigenvalue weighted by Crippen LogP contribution is 2.33. The number of thiazole rings is 2. The van der Waals surface area contributed by atoms with Gasteiger partial charge in [0.1, 0.15) is 28.1 Å². The number of aliphatic carboxylic acids is 1. The average Bonchev–Trinajstić information content (AvgIpc) is 3.89. The first-order valence-corrected chi connectivity index (χ1v) is 17.6. The predicted octanol–water partition coefficient (Wildman–Crippen LogP) is 9.56. The van der Waals surface area contributed by atoms with Crippen LogP contribution in [-0.4, -0.2) is 39.2 Å². The predicted molar refractivity (Wildman–Crippen MR) is 193 cm³/mol. The van der Waals surface area contributed by atoms with Gasteiger partial charge < -0.3 is 19.7 Å². The SMILES string of the molecule is COC(=O)CC(c1ccc(O)cc1)c1nccs1.O=C(O)CC(c1ccc(OCc2cccc(-c3ccc(C(F)(F)F)cc3)c2)cc1)c1nccs1. The number of carboxylic acid groups (broad SMARTS) is 1. The first-order valence-electron chi connectivity index (χ1n) is 15.9. The molecule has 0 saturated carbocycles. The summed E-state index contributed by atoms with van der Waals surface area (Å²) in [5.41, 5.74) is 3.45. The van der Waals surface area contributed by atoms with Crippen LogP contribution in [0.15, 0.2) is 120 Å². The lowest BCUT2D eigenvalue weighted by atomic mass is 9.96. The fourth-order valence-electron chi connectivity index (χ4n) is 5.30. The number of halogens is 3. The highest BCUT2D eigenvalue weighted by molar-refractivity contribution is 7.09. The normalized spacial score (nSPS) is 12.2. The maximum absolute atomic E-state index is 12.8. The molecule has 268 valence electrons. The van der Waals surface area contributed by atoms with Crippen LogP contribution in [0.25, 0.3) is 11.1 Å². The van der Waals surface area contributed by atoms with Crippen molar-refractivity contribution in [1.82, 2.24) is 9.97 Å². The van der Waals surface area contributed by atoms with Crippen molar-refractivity contribution >= 4 is 34.6 Å². The molecule has 2 N–H and O–H groups in total. The van der Waals surface area contributed by atoms with E-state index in [9.17, 15) is 33.0 Å². The average molecular weight is 747 g/mol. The minimum Gasteiger partial charge on any atom is -0.508 e. The third-order valence-electron chi connectivity index (χ3n) is 7.93. The van der Waals surface area contributed by atoms with Gasteiger partial charge in [0.05, 0.1) is 25.5 Å². The number of carboxylic acids is 1. The van der Waals surface area contributed by atoms with Crippen molar-refractivity contribution < 1.29 is 42.4 Å². The zero-order valence-corrected chi connectivity index (χ0v) is 29.3. The Morgan fingerprint density at radius 1 is 0.769 bits per heavy atom. The van der Waals surface area contributed by atoms with E-state index in [2.05, 4.69) is 9.97 Å². The van der Waals surface area contributed by atoms with Crippen LogP contribution in [0.3, 0.4) is 0 Å². The van der Waals surface area contributed by atoms with Crippen molar-refractivity contribution in [3.8, 4) is 22.6 Å². The fraction of sp³-hybridized carbons (Fsp3) is 0.179. The molecule has 0 aliphatic heterocycles. The van der Waals surface area contributed by atoms with Gasteiger partial charge in [0, 0.05) is 35.0 Å². The quantitative estimate of drug-likeness (QED) is 0.119. The van der Waals surface area contributed by atoms with Gasteiger partial charge >= 0.3 is 18.1 Å². The van der Waals surface area contributed by atoms with Gasteiger partial charge in [0.15, 0.2) is 0 Å². The molecule has 0 saturated heterocycles. The molecule has 0 aliphatic carbocycles. The molecule has 13 heteroatoms. The fourth-order valence-corrected chi connectivity index (χ4v) is 6.83. The van der Waals surface area contributed by atoms with E-state index in [1.165, 1.54) is 41.9 Å². The summed E-state index contributed by atoms with van der Waals surface area (Å²) in [7, 11) is 1.37. The molecule has 0 bridgehead atoms. The van der Waals surface area contributed by atoms with E-state index in [1.54, 1.807) is 48.8 Å². The number of phenols is 1. The van der Waals surface area contributed by atoms with Crippen molar-refractivity contribution in [3.63, 3.8) is 0 Å². The molecule has 0 aliphatic rings. The number of hydrogen-bond donors (Lipinski definition) is 2. The minimum absolute atomic E-state index is 0.0511. The van der Waals surface area contributed by atoms with Crippen molar-refractivity contribution in [2.24, 2.45) is 0 Å². The lowest BCUT2D eigenvalue weighted by Gasteiger charge is -2.14. The topological polar surface area (TPSA) is 119 Å². The number of carbonyl (C=O) groups excluding carboxylic acids is 1. The number of methoxy groups -OCH3 is 1. The molecule has 6 aromatic rings. The van der Waals surface area contributed by atoms with Crippen molar-refractivity contribution in [2.75, 3.05) is 7.11 Å². The summed E-state index contributed by atoms with van der Waals surface area (Å²) in [6, 6.07) is 26.5. The summed E-state index contributed by atoms with van der Waals surface area (Å²) in [6.07, 6.45) is -0.799. The molecule has 2 unspecified atom stereocenters. The van der Waals surface area contributed by atoms with Gasteiger partial charge in [-0.2, -0.15) is 13.2 Å². The Balaban J connectivity index is 0.000000244. The Morgan fingerprint density at radius 3 is 1.87 bits per heavy atom. The van der Waals surface area contributed by atoms with Crippen molar-refractivity contribution in [1.29, 1.82) is 0 Å². The first-order chi connectivity index (χ1) is 25.0. The first kappa shape index (κ1) is 37.7. The number of esters is 1. The second-order valence-corrected chi connectivity index (χ2v) is 13.3. The maximum Gasteiger partial charge on any atom is 0.416 e. The van der Waals surface area contributed by atoms with Gasteiger partial charge in [-0.15, -0.1) is 22.7 Å². The van der Waals surface area contributed by atoms with Gasteiger partial charge in [-0.3, -0.25) is 9.59 Å². The van der Waals surface area contributed by atoms with Crippen LogP contribution in [-0.2, 0) is 27.1 Å². The van der Waals surface area contributed by atoms with Gasteiger partial charge in [-0.1, -0.05) is 54.6 Å². The lowest BCUT2D eigenvalue weighted by molar-refractivity contribution is -0.141. The van der Waals surface area contributed by atoms with Crippen LogP contribution < -0.4 is 4.74 Å². The van der Waals surface area contributed by atoms with Gasteiger partial charge in [0.2, 0.25) is 0 Å². The zero-order valence-electron chi connectivity index (χ0n) is 27.7. The highest BCUT2D eigenvalue weighted by atomic mass is 32.1. The van der Waals surface area contributed by atoms with E-state index in [-0.39, 0.29) is 43.0 Å². The summed E-state index contributed by atoms with van der Waals surface area (Å²) in [4.78, 5) is 31.3. The van der Waals surface area contributed by atoms with Crippen LogP contribution in [0, 0.1) is 0 Å².